The molecule has 0 amide bonds. The van der Waals surface area contributed by atoms with Crippen LogP contribution in [0.5, 0.6) is 0 Å². The first-order chi connectivity index (χ1) is 11.0. The number of hydrogen-bond donors (Lipinski definition) is 0. The molecule has 0 aliphatic heterocycles. The minimum absolute atomic E-state index is 0.199. The predicted octanol–water partition coefficient (Wildman–Crippen LogP) is 3.28. The smallest absolute Gasteiger partial charge is 0.351 e. The molecule has 0 atom stereocenters. The first kappa shape index (κ1) is 14.4. The number of nitro benzene ring substituents is 1. The Balaban J connectivity index is 2.56. The summed E-state index contributed by atoms with van der Waals surface area (Å²) in [7, 11) is 0. The van der Waals surface area contributed by atoms with Gasteiger partial charge in [-0.05, 0) is 11.6 Å². The lowest BCUT2D eigenvalue weighted by molar-refractivity contribution is -0.390. The predicted molar refractivity (Wildman–Crippen MR) is 81.2 cm³/mol. The first-order valence-corrected chi connectivity index (χ1v) is 6.44. The van der Waals surface area contributed by atoms with Gasteiger partial charge in [-0.2, -0.15) is 0 Å². The summed E-state index contributed by atoms with van der Waals surface area (Å²) in [5.41, 5.74) is -2.29. The third-order valence-corrected chi connectivity index (χ3v) is 3.33. The lowest BCUT2D eigenvalue weighted by Gasteiger charge is -2.05. The van der Waals surface area contributed by atoms with Crippen LogP contribution in [0.1, 0.15) is 0 Å². The summed E-state index contributed by atoms with van der Waals surface area (Å²) < 4.78 is 5.06. The Morgan fingerprint density at radius 3 is 2.17 bits per heavy atom. The van der Waals surface area contributed by atoms with Crippen molar-refractivity contribution in [3.05, 3.63) is 79.2 Å². The summed E-state index contributed by atoms with van der Waals surface area (Å²) in [5, 5.41) is 22.4. The van der Waals surface area contributed by atoms with Gasteiger partial charge in [0.2, 0.25) is 0 Å². The van der Waals surface area contributed by atoms with Crippen molar-refractivity contribution in [1.82, 2.24) is 0 Å². The van der Waals surface area contributed by atoms with Crippen molar-refractivity contribution >= 4 is 22.3 Å². The lowest BCUT2D eigenvalue weighted by atomic mass is 10.0. The number of fused-ring (bicyclic) bond motifs is 1. The third kappa shape index (κ3) is 2.31. The molecule has 0 aliphatic carbocycles. The van der Waals surface area contributed by atoms with Crippen molar-refractivity contribution in [3.63, 3.8) is 0 Å². The normalized spacial score (nSPS) is 10.6. The number of nitrogens with zero attached hydrogens (tertiary/aromatic N) is 2. The van der Waals surface area contributed by atoms with E-state index in [0.29, 0.717) is 0 Å². The van der Waals surface area contributed by atoms with Crippen molar-refractivity contribution in [2.75, 3.05) is 0 Å². The zero-order valence-electron chi connectivity index (χ0n) is 11.5. The Morgan fingerprint density at radius 1 is 0.870 bits per heavy atom. The van der Waals surface area contributed by atoms with Gasteiger partial charge in [0.1, 0.15) is 5.56 Å². The van der Waals surface area contributed by atoms with E-state index in [0.717, 1.165) is 6.07 Å². The molecule has 1 heterocycles. The van der Waals surface area contributed by atoms with E-state index in [4.69, 9.17) is 4.42 Å². The standard InChI is InChI=1S/C15H8N2O6/c18-15-12(9-5-2-1-3-6-9)14(17(21)22)13-10(16(19)20)7-4-8-11(13)23-15/h1-8H. The van der Waals surface area contributed by atoms with Gasteiger partial charge in [-0.1, -0.05) is 36.4 Å². The van der Waals surface area contributed by atoms with E-state index in [1.165, 1.54) is 24.3 Å². The number of hydrogen-bond acceptors (Lipinski definition) is 6. The summed E-state index contributed by atoms with van der Waals surface area (Å²) in [6, 6.07) is 11.6. The zero-order valence-corrected chi connectivity index (χ0v) is 11.5. The van der Waals surface area contributed by atoms with E-state index in [1.807, 2.05) is 0 Å². The second kappa shape index (κ2) is 5.34. The maximum absolute atomic E-state index is 12.2. The molecule has 0 bridgehead atoms. The van der Waals surface area contributed by atoms with Crippen LogP contribution in [0.2, 0.25) is 0 Å². The monoisotopic (exact) mass is 312 g/mol. The van der Waals surface area contributed by atoms with Crippen LogP contribution in [0.3, 0.4) is 0 Å². The quantitative estimate of drug-likeness (QED) is 0.416. The third-order valence-electron chi connectivity index (χ3n) is 3.33. The van der Waals surface area contributed by atoms with Crippen molar-refractivity contribution in [3.8, 4) is 11.1 Å². The van der Waals surface area contributed by atoms with Crippen LogP contribution in [0.4, 0.5) is 11.4 Å². The molecule has 23 heavy (non-hydrogen) atoms. The molecule has 3 rings (SSSR count). The highest BCUT2D eigenvalue weighted by atomic mass is 16.6. The van der Waals surface area contributed by atoms with E-state index in [-0.39, 0.29) is 22.1 Å². The average Bonchev–Trinajstić information content (AvgIpc) is 2.53. The molecule has 0 spiro atoms. The van der Waals surface area contributed by atoms with Crippen LogP contribution in [0.25, 0.3) is 22.1 Å². The SMILES string of the molecule is O=c1oc2cccc([N+](=O)[O-])c2c([N+](=O)[O-])c1-c1ccccc1. The van der Waals surface area contributed by atoms with E-state index < -0.39 is 26.8 Å². The summed E-state index contributed by atoms with van der Waals surface area (Å²) in [6.07, 6.45) is 0. The van der Waals surface area contributed by atoms with Gasteiger partial charge in [-0.3, -0.25) is 20.2 Å². The molecular weight excluding hydrogens is 304 g/mol. The van der Waals surface area contributed by atoms with Crippen LogP contribution in [0.15, 0.2) is 57.7 Å². The number of rotatable bonds is 3. The Bertz CT molecular complexity index is 994. The molecule has 8 heteroatoms. The van der Waals surface area contributed by atoms with Crippen molar-refractivity contribution in [2.24, 2.45) is 0 Å². The lowest BCUT2D eigenvalue weighted by Crippen LogP contribution is -2.08. The fraction of sp³-hybridized carbons (Fsp3) is 0. The number of nitro groups is 2. The minimum atomic E-state index is -0.920. The Morgan fingerprint density at radius 2 is 1.57 bits per heavy atom. The molecule has 0 saturated heterocycles. The van der Waals surface area contributed by atoms with Crippen LogP contribution in [-0.4, -0.2) is 9.85 Å². The summed E-state index contributed by atoms with van der Waals surface area (Å²) in [4.78, 5) is 33.4. The van der Waals surface area contributed by atoms with Gasteiger partial charge in [-0.25, -0.2) is 4.79 Å². The highest BCUT2D eigenvalue weighted by Gasteiger charge is 2.31. The van der Waals surface area contributed by atoms with Crippen LogP contribution in [-0.2, 0) is 0 Å². The van der Waals surface area contributed by atoms with Crippen LogP contribution in [0, 0.1) is 20.2 Å². The first-order valence-electron chi connectivity index (χ1n) is 6.44. The van der Waals surface area contributed by atoms with Gasteiger partial charge in [-0.15, -0.1) is 0 Å². The van der Waals surface area contributed by atoms with E-state index >= 15 is 0 Å². The molecule has 1 aromatic heterocycles. The molecule has 0 radical (unpaired) electrons. The fourth-order valence-electron chi connectivity index (χ4n) is 2.41. The van der Waals surface area contributed by atoms with E-state index in [1.54, 1.807) is 18.2 Å². The van der Waals surface area contributed by atoms with Crippen LogP contribution < -0.4 is 5.63 Å². The highest BCUT2D eigenvalue weighted by molar-refractivity contribution is 6.00. The van der Waals surface area contributed by atoms with Gasteiger partial charge >= 0.3 is 11.3 Å². The molecule has 0 aliphatic rings. The van der Waals surface area contributed by atoms with Crippen molar-refractivity contribution in [2.45, 2.75) is 0 Å². The molecule has 0 N–H and O–H groups in total. The second-order valence-corrected chi connectivity index (χ2v) is 4.64. The second-order valence-electron chi connectivity index (χ2n) is 4.64. The van der Waals surface area contributed by atoms with E-state index in [2.05, 4.69) is 0 Å². The minimum Gasteiger partial charge on any atom is -0.422 e. The van der Waals surface area contributed by atoms with Gasteiger partial charge in [0, 0.05) is 6.07 Å². The molecule has 0 unspecified atom stereocenters. The Kier molecular flexibility index (Phi) is 3.34. The average molecular weight is 312 g/mol. The van der Waals surface area contributed by atoms with Gasteiger partial charge < -0.3 is 4.42 Å². The summed E-state index contributed by atoms with van der Waals surface area (Å²) in [5.74, 6) is 0. The van der Waals surface area contributed by atoms with Crippen molar-refractivity contribution in [1.29, 1.82) is 0 Å². The molecule has 8 nitrogen and oxygen atoms in total. The van der Waals surface area contributed by atoms with Gasteiger partial charge in [0.25, 0.3) is 5.69 Å². The van der Waals surface area contributed by atoms with E-state index in [9.17, 15) is 25.0 Å². The molecular formula is C15H8N2O6. The summed E-state index contributed by atoms with van der Waals surface area (Å²) >= 11 is 0. The fourth-order valence-corrected chi connectivity index (χ4v) is 2.41. The molecule has 114 valence electrons. The number of benzene rings is 2. The molecule has 3 aromatic rings. The Hall–Kier alpha value is -3.55. The largest absolute Gasteiger partial charge is 0.422 e. The van der Waals surface area contributed by atoms with Gasteiger partial charge in [0.15, 0.2) is 11.0 Å². The molecule has 2 aromatic carbocycles. The molecule has 0 saturated carbocycles. The molecule has 0 fully saturated rings. The Labute approximate surface area is 127 Å². The van der Waals surface area contributed by atoms with Gasteiger partial charge in [0.05, 0.1) is 9.85 Å². The number of non-ortho nitro benzene ring substituents is 1. The summed E-state index contributed by atoms with van der Waals surface area (Å²) in [6.45, 7) is 0. The maximum Gasteiger partial charge on any atom is 0.351 e. The highest BCUT2D eigenvalue weighted by Crippen LogP contribution is 2.38. The topological polar surface area (TPSA) is 116 Å². The van der Waals surface area contributed by atoms with Crippen LogP contribution >= 0.6 is 0 Å². The van der Waals surface area contributed by atoms with Crippen molar-refractivity contribution < 1.29 is 14.3 Å². The maximum atomic E-state index is 12.2. The zero-order chi connectivity index (χ0) is 16.6.